The van der Waals surface area contributed by atoms with Gasteiger partial charge in [0.05, 0.1) is 0 Å². The Bertz CT molecular complexity index is 399. The van der Waals surface area contributed by atoms with Crippen LogP contribution in [0.15, 0.2) is 36.5 Å². The number of rotatable bonds is 3. The molecule has 0 bridgehead atoms. The van der Waals surface area contributed by atoms with Gasteiger partial charge in [0.15, 0.2) is 0 Å². The maximum absolute atomic E-state index is 4.10. The summed E-state index contributed by atoms with van der Waals surface area (Å²) < 4.78 is 0. The summed E-state index contributed by atoms with van der Waals surface area (Å²) in [6.45, 7) is 17.5. The van der Waals surface area contributed by atoms with Crippen LogP contribution in [0.5, 0.6) is 0 Å². The van der Waals surface area contributed by atoms with Crippen LogP contribution < -0.4 is 5.32 Å². The molecule has 0 aromatic heterocycles. The first-order chi connectivity index (χ1) is 8.08. The first-order valence-corrected chi connectivity index (χ1v) is 6.63. The van der Waals surface area contributed by atoms with E-state index in [1.165, 1.54) is 5.56 Å². The molecule has 0 spiro atoms. The van der Waals surface area contributed by atoms with Crippen molar-refractivity contribution in [1.82, 2.24) is 0 Å². The first-order valence-electron chi connectivity index (χ1n) is 6.63. The van der Waals surface area contributed by atoms with Gasteiger partial charge in [0.2, 0.25) is 0 Å². The van der Waals surface area contributed by atoms with E-state index >= 15 is 0 Å². The molecule has 0 atom stereocenters. The van der Waals surface area contributed by atoms with Gasteiger partial charge < -0.3 is 5.32 Å². The van der Waals surface area contributed by atoms with Gasteiger partial charge in [0.1, 0.15) is 0 Å². The highest BCUT2D eigenvalue weighted by Crippen LogP contribution is 2.26. The Morgan fingerprint density at radius 1 is 1.00 bits per heavy atom. The number of allylic oxidation sites excluding steroid dienone is 1. The number of benzene rings is 1. The molecule has 1 aromatic carbocycles. The Hall–Kier alpha value is -1.24. The molecule has 0 saturated heterocycles. The first kappa shape index (κ1) is 14.8. The quantitative estimate of drug-likeness (QED) is 0.757. The molecule has 0 aliphatic heterocycles. The molecule has 0 aliphatic rings. The van der Waals surface area contributed by atoms with E-state index in [4.69, 9.17) is 0 Å². The van der Waals surface area contributed by atoms with Gasteiger partial charge in [0, 0.05) is 11.4 Å². The molecule has 1 heteroatoms. The smallest absolute Gasteiger partial charge is 0.0381 e. The highest BCUT2D eigenvalue weighted by atomic mass is 14.9. The molecule has 0 fully saturated rings. The van der Waals surface area contributed by atoms with Crippen molar-refractivity contribution in [2.75, 3.05) is 5.32 Å². The van der Waals surface area contributed by atoms with Gasteiger partial charge in [-0.15, -0.1) is 0 Å². The predicted octanol–water partition coefficient (Wildman–Crippen LogP) is 5.35. The van der Waals surface area contributed by atoms with E-state index < -0.39 is 0 Å². The van der Waals surface area contributed by atoms with Crippen molar-refractivity contribution in [3.8, 4) is 0 Å². The summed E-state index contributed by atoms with van der Waals surface area (Å²) in [4.78, 5) is 0. The lowest BCUT2D eigenvalue weighted by Crippen LogP contribution is -2.12. The lowest BCUT2D eigenvalue weighted by molar-refractivity contribution is 0.411. The zero-order valence-corrected chi connectivity index (χ0v) is 12.7. The third-order valence-electron chi connectivity index (χ3n) is 2.82. The third kappa shape index (κ3) is 4.95. The van der Waals surface area contributed by atoms with E-state index in [1.807, 2.05) is 0 Å². The van der Waals surface area contributed by atoms with Crippen LogP contribution in [0.2, 0.25) is 0 Å². The highest BCUT2D eigenvalue weighted by Gasteiger charge is 2.14. The van der Waals surface area contributed by atoms with Gasteiger partial charge in [0.25, 0.3) is 0 Å². The summed E-state index contributed by atoms with van der Waals surface area (Å²) in [6.07, 6.45) is 0.980. The molecule has 0 saturated carbocycles. The molecule has 1 N–H and O–H groups in total. The minimum absolute atomic E-state index is 0.209. The average molecular weight is 245 g/mol. The zero-order valence-electron chi connectivity index (χ0n) is 12.7. The highest BCUT2D eigenvalue weighted by molar-refractivity contribution is 5.49. The number of hydrogen-bond acceptors (Lipinski definition) is 1. The largest absolute Gasteiger partial charge is 0.359 e. The monoisotopic (exact) mass is 245 g/mol. The Morgan fingerprint density at radius 2 is 1.50 bits per heavy atom. The maximum Gasteiger partial charge on any atom is 0.0381 e. The van der Waals surface area contributed by atoms with Crippen LogP contribution in [0, 0.1) is 5.41 Å². The average Bonchev–Trinajstić information content (AvgIpc) is 2.13. The van der Waals surface area contributed by atoms with E-state index in [9.17, 15) is 0 Å². The molecule has 0 amide bonds. The number of anilines is 1. The summed E-state index contributed by atoms with van der Waals surface area (Å²) in [5.74, 6) is 0. The van der Waals surface area contributed by atoms with Crippen LogP contribution in [-0.2, 0) is 5.41 Å². The topological polar surface area (TPSA) is 12.0 Å². The lowest BCUT2D eigenvalue weighted by Gasteiger charge is -2.22. The summed E-state index contributed by atoms with van der Waals surface area (Å²) >= 11 is 0. The molecule has 1 nitrogen and oxygen atoms in total. The second-order valence-electron chi connectivity index (χ2n) is 7.29. The van der Waals surface area contributed by atoms with E-state index in [-0.39, 0.29) is 10.8 Å². The zero-order chi connectivity index (χ0) is 14.0. The summed E-state index contributed by atoms with van der Waals surface area (Å²) in [5.41, 5.74) is 4.04. The van der Waals surface area contributed by atoms with Crippen LogP contribution in [0.4, 0.5) is 5.69 Å². The minimum atomic E-state index is 0.209. The fourth-order valence-corrected chi connectivity index (χ4v) is 1.94. The number of hydrogen-bond donors (Lipinski definition) is 1. The second-order valence-corrected chi connectivity index (χ2v) is 7.29. The Kier molecular flexibility index (Phi) is 4.26. The lowest BCUT2D eigenvalue weighted by atomic mass is 9.87. The third-order valence-corrected chi connectivity index (χ3v) is 2.82. The fraction of sp³-hybridized carbons (Fsp3) is 0.529. The van der Waals surface area contributed by atoms with Gasteiger partial charge in [-0.1, -0.05) is 60.3 Å². The van der Waals surface area contributed by atoms with Gasteiger partial charge >= 0.3 is 0 Å². The second kappa shape index (κ2) is 5.17. The molecular formula is C17H27N. The van der Waals surface area contributed by atoms with E-state index in [0.29, 0.717) is 0 Å². The summed E-state index contributed by atoms with van der Waals surface area (Å²) in [7, 11) is 0. The van der Waals surface area contributed by atoms with Crippen LogP contribution in [-0.4, -0.2) is 0 Å². The van der Waals surface area contributed by atoms with E-state index in [2.05, 4.69) is 77.7 Å². The summed E-state index contributed by atoms with van der Waals surface area (Å²) in [6, 6.07) is 8.64. The Balaban J connectivity index is 2.67. The predicted molar refractivity (Wildman–Crippen MR) is 82.0 cm³/mol. The van der Waals surface area contributed by atoms with Crippen molar-refractivity contribution >= 4 is 5.69 Å². The Labute approximate surface area is 112 Å². The SMILES string of the molecule is C=C(CC(C)(C)C)Nc1ccc(C(C)(C)C)cc1. The minimum Gasteiger partial charge on any atom is -0.359 e. The van der Waals surface area contributed by atoms with Crippen molar-refractivity contribution < 1.29 is 0 Å². The van der Waals surface area contributed by atoms with Crippen LogP contribution in [0.1, 0.15) is 53.5 Å². The molecule has 1 aromatic rings. The van der Waals surface area contributed by atoms with Crippen LogP contribution in [0.3, 0.4) is 0 Å². The van der Waals surface area contributed by atoms with Crippen molar-refractivity contribution in [2.24, 2.45) is 5.41 Å². The van der Waals surface area contributed by atoms with Crippen molar-refractivity contribution in [1.29, 1.82) is 0 Å². The Morgan fingerprint density at radius 3 is 1.89 bits per heavy atom. The van der Waals surface area contributed by atoms with Gasteiger partial charge in [-0.3, -0.25) is 0 Å². The standard InChI is InChI=1S/C17H27N/c1-13(12-16(2,3)4)18-15-10-8-14(9-11-15)17(5,6)7/h8-11,18H,1,12H2,2-7H3. The van der Waals surface area contributed by atoms with E-state index in [1.54, 1.807) is 0 Å². The van der Waals surface area contributed by atoms with Crippen molar-refractivity contribution in [3.63, 3.8) is 0 Å². The van der Waals surface area contributed by atoms with Crippen molar-refractivity contribution in [2.45, 2.75) is 53.4 Å². The van der Waals surface area contributed by atoms with E-state index in [0.717, 1.165) is 17.8 Å². The van der Waals surface area contributed by atoms with Gasteiger partial charge in [-0.25, -0.2) is 0 Å². The molecule has 18 heavy (non-hydrogen) atoms. The molecule has 0 unspecified atom stereocenters. The van der Waals surface area contributed by atoms with Gasteiger partial charge in [-0.2, -0.15) is 0 Å². The van der Waals surface area contributed by atoms with Gasteiger partial charge in [-0.05, 0) is 34.9 Å². The normalized spacial score (nSPS) is 12.3. The van der Waals surface area contributed by atoms with Crippen LogP contribution in [0.25, 0.3) is 0 Å². The van der Waals surface area contributed by atoms with Crippen molar-refractivity contribution in [3.05, 3.63) is 42.1 Å². The maximum atomic E-state index is 4.10. The number of nitrogens with one attached hydrogen (secondary N) is 1. The summed E-state index contributed by atoms with van der Waals surface area (Å²) in [5, 5.41) is 3.38. The molecule has 100 valence electrons. The molecule has 0 heterocycles. The molecular weight excluding hydrogens is 218 g/mol. The molecule has 1 rings (SSSR count). The fourth-order valence-electron chi connectivity index (χ4n) is 1.94. The molecule has 0 aliphatic carbocycles. The van der Waals surface area contributed by atoms with Crippen LogP contribution >= 0.6 is 0 Å². The molecule has 0 radical (unpaired) electrons.